The predicted molar refractivity (Wildman–Crippen MR) is 85.5 cm³/mol. The summed E-state index contributed by atoms with van der Waals surface area (Å²) in [4.78, 5) is 2.95. The van der Waals surface area contributed by atoms with Crippen molar-refractivity contribution < 1.29 is 4.74 Å². The van der Waals surface area contributed by atoms with Gasteiger partial charge in [0.25, 0.3) is 0 Å². The third kappa shape index (κ3) is 2.60. The van der Waals surface area contributed by atoms with Crippen molar-refractivity contribution in [1.29, 1.82) is 0 Å². The Labute approximate surface area is 125 Å². The fraction of sp³-hybridized carbons (Fsp3) is 0.533. The molecule has 0 aromatic heterocycles. The average molecular weight is 291 g/mol. The standard InChI is InChI=1S/C15H21N3OS/c1-19-11-2-3-12(15(16)20)13(8-11)17-14-9-18-6-4-10(14)5-7-18/h2-3,8,10,14,17H,4-7,9H2,1H3,(H2,16,20). The number of piperidine rings is 3. The number of methoxy groups -OCH3 is 1. The summed E-state index contributed by atoms with van der Waals surface area (Å²) < 4.78 is 5.31. The second kappa shape index (κ2) is 5.58. The van der Waals surface area contributed by atoms with E-state index in [-0.39, 0.29) is 0 Å². The van der Waals surface area contributed by atoms with Gasteiger partial charge >= 0.3 is 0 Å². The summed E-state index contributed by atoms with van der Waals surface area (Å²) in [6.45, 7) is 3.59. The molecule has 20 heavy (non-hydrogen) atoms. The molecule has 5 heteroatoms. The van der Waals surface area contributed by atoms with Crippen molar-refractivity contribution in [3.05, 3.63) is 23.8 Å². The van der Waals surface area contributed by atoms with Crippen LogP contribution in [-0.2, 0) is 0 Å². The molecule has 0 saturated carbocycles. The Kier molecular flexibility index (Phi) is 3.81. The van der Waals surface area contributed by atoms with Gasteiger partial charge in [-0.15, -0.1) is 0 Å². The van der Waals surface area contributed by atoms with Crippen molar-refractivity contribution in [2.45, 2.75) is 18.9 Å². The molecule has 2 bridgehead atoms. The highest BCUT2D eigenvalue weighted by Crippen LogP contribution is 2.31. The van der Waals surface area contributed by atoms with E-state index in [1.54, 1.807) is 7.11 Å². The molecule has 3 aliphatic rings. The predicted octanol–water partition coefficient (Wildman–Crippen LogP) is 1.84. The zero-order valence-electron chi connectivity index (χ0n) is 11.8. The number of rotatable bonds is 4. The topological polar surface area (TPSA) is 50.5 Å². The van der Waals surface area contributed by atoms with Crippen LogP contribution in [0.2, 0.25) is 0 Å². The third-order valence-corrected chi connectivity index (χ3v) is 4.71. The minimum absolute atomic E-state index is 0.427. The number of anilines is 1. The van der Waals surface area contributed by atoms with Gasteiger partial charge in [0.05, 0.1) is 7.11 Å². The van der Waals surface area contributed by atoms with Crippen LogP contribution in [0.4, 0.5) is 5.69 Å². The van der Waals surface area contributed by atoms with Gasteiger partial charge in [-0.05, 0) is 44.0 Å². The van der Waals surface area contributed by atoms with Crippen molar-refractivity contribution in [2.24, 2.45) is 11.7 Å². The minimum Gasteiger partial charge on any atom is -0.497 e. The maximum atomic E-state index is 5.83. The molecule has 1 aromatic rings. The largest absolute Gasteiger partial charge is 0.497 e. The molecule has 3 heterocycles. The highest BCUT2D eigenvalue weighted by atomic mass is 32.1. The molecule has 1 atom stereocenters. The van der Waals surface area contributed by atoms with E-state index in [9.17, 15) is 0 Å². The lowest BCUT2D eigenvalue weighted by Crippen LogP contribution is -2.53. The highest BCUT2D eigenvalue weighted by Gasteiger charge is 2.34. The van der Waals surface area contributed by atoms with Crippen LogP contribution in [0.1, 0.15) is 18.4 Å². The van der Waals surface area contributed by atoms with E-state index in [0.717, 1.165) is 29.5 Å². The molecule has 3 saturated heterocycles. The van der Waals surface area contributed by atoms with Crippen LogP contribution in [0.5, 0.6) is 5.75 Å². The van der Waals surface area contributed by atoms with Crippen LogP contribution in [0, 0.1) is 5.92 Å². The smallest absolute Gasteiger partial charge is 0.120 e. The van der Waals surface area contributed by atoms with Gasteiger partial charge in [-0.1, -0.05) is 12.2 Å². The highest BCUT2D eigenvalue weighted by molar-refractivity contribution is 7.80. The van der Waals surface area contributed by atoms with Crippen molar-refractivity contribution in [3.63, 3.8) is 0 Å². The number of ether oxygens (including phenoxy) is 1. The summed E-state index contributed by atoms with van der Waals surface area (Å²) in [5.41, 5.74) is 7.72. The molecule has 3 fully saturated rings. The molecule has 0 aliphatic carbocycles. The van der Waals surface area contributed by atoms with Crippen molar-refractivity contribution in [3.8, 4) is 5.75 Å². The molecule has 108 valence electrons. The quantitative estimate of drug-likeness (QED) is 0.829. The van der Waals surface area contributed by atoms with Crippen LogP contribution < -0.4 is 15.8 Å². The lowest BCUT2D eigenvalue weighted by atomic mass is 9.84. The summed E-state index contributed by atoms with van der Waals surface area (Å²) in [7, 11) is 1.67. The zero-order chi connectivity index (χ0) is 14.1. The Morgan fingerprint density at radius 2 is 2.15 bits per heavy atom. The summed E-state index contributed by atoms with van der Waals surface area (Å²) in [5.74, 6) is 1.58. The molecule has 4 nitrogen and oxygen atoms in total. The van der Waals surface area contributed by atoms with Crippen LogP contribution in [0.15, 0.2) is 18.2 Å². The molecular formula is C15H21N3OS. The van der Waals surface area contributed by atoms with Gasteiger partial charge in [0, 0.05) is 29.9 Å². The monoisotopic (exact) mass is 291 g/mol. The van der Waals surface area contributed by atoms with E-state index in [1.807, 2.05) is 18.2 Å². The van der Waals surface area contributed by atoms with Crippen molar-refractivity contribution >= 4 is 22.9 Å². The summed E-state index contributed by atoms with van der Waals surface area (Å²) in [5, 5.41) is 3.65. The van der Waals surface area contributed by atoms with Gasteiger partial charge < -0.3 is 20.7 Å². The second-order valence-electron chi connectivity index (χ2n) is 5.66. The molecule has 0 amide bonds. The fourth-order valence-electron chi connectivity index (χ4n) is 3.31. The Balaban J connectivity index is 1.83. The number of hydrogen-bond acceptors (Lipinski definition) is 4. The van der Waals surface area contributed by atoms with Gasteiger partial charge in [-0.3, -0.25) is 0 Å². The van der Waals surface area contributed by atoms with Gasteiger partial charge in [-0.2, -0.15) is 0 Å². The zero-order valence-corrected chi connectivity index (χ0v) is 12.6. The summed E-state index contributed by atoms with van der Waals surface area (Å²) >= 11 is 5.15. The van der Waals surface area contributed by atoms with Gasteiger partial charge in [0.1, 0.15) is 10.7 Å². The first-order valence-electron chi connectivity index (χ1n) is 7.14. The van der Waals surface area contributed by atoms with Crippen molar-refractivity contribution in [2.75, 3.05) is 32.1 Å². The first-order valence-corrected chi connectivity index (χ1v) is 7.55. The van der Waals surface area contributed by atoms with E-state index >= 15 is 0 Å². The molecule has 0 radical (unpaired) electrons. The average Bonchev–Trinajstić information content (AvgIpc) is 2.48. The molecule has 1 unspecified atom stereocenters. The number of hydrogen-bond donors (Lipinski definition) is 2. The van der Waals surface area contributed by atoms with Crippen LogP contribution >= 0.6 is 12.2 Å². The SMILES string of the molecule is COc1ccc(C(N)=S)c(NC2CN3CCC2CC3)c1. The Hall–Kier alpha value is -1.33. The molecule has 3 N–H and O–H groups in total. The number of thiocarbonyl (C=S) groups is 1. The Morgan fingerprint density at radius 3 is 2.70 bits per heavy atom. The van der Waals surface area contributed by atoms with Gasteiger partial charge in [-0.25, -0.2) is 0 Å². The molecule has 0 spiro atoms. The normalized spacial score (nSPS) is 28.1. The maximum Gasteiger partial charge on any atom is 0.120 e. The number of nitrogens with two attached hydrogens (primary N) is 1. The molecule has 1 aromatic carbocycles. The molecule has 4 rings (SSSR count). The number of benzene rings is 1. The fourth-order valence-corrected chi connectivity index (χ4v) is 3.49. The van der Waals surface area contributed by atoms with Crippen LogP contribution in [0.25, 0.3) is 0 Å². The Bertz CT molecular complexity index is 512. The second-order valence-corrected chi connectivity index (χ2v) is 6.10. The van der Waals surface area contributed by atoms with Gasteiger partial charge in [0.15, 0.2) is 0 Å². The number of nitrogens with one attached hydrogen (secondary N) is 1. The lowest BCUT2D eigenvalue weighted by Gasteiger charge is -2.45. The minimum atomic E-state index is 0.427. The van der Waals surface area contributed by atoms with Crippen LogP contribution in [0.3, 0.4) is 0 Å². The molecule has 3 aliphatic heterocycles. The van der Waals surface area contributed by atoms with Crippen LogP contribution in [-0.4, -0.2) is 42.7 Å². The Morgan fingerprint density at radius 1 is 1.40 bits per heavy atom. The summed E-state index contributed by atoms with van der Waals surface area (Å²) in [6, 6.07) is 6.31. The number of fused-ring (bicyclic) bond motifs is 3. The van der Waals surface area contributed by atoms with E-state index < -0.39 is 0 Å². The van der Waals surface area contributed by atoms with E-state index in [2.05, 4.69) is 10.2 Å². The van der Waals surface area contributed by atoms with Gasteiger partial charge in [0.2, 0.25) is 0 Å². The first-order chi connectivity index (χ1) is 9.67. The third-order valence-electron chi connectivity index (χ3n) is 4.49. The first kappa shape index (κ1) is 13.6. The molecular weight excluding hydrogens is 270 g/mol. The number of nitrogens with zero attached hydrogens (tertiary/aromatic N) is 1. The van der Waals surface area contributed by atoms with E-state index in [4.69, 9.17) is 22.7 Å². The lowest BCUT2D eigenvalue weighted by molar-refractivity contribution is 0.0975. The van der Waals surface area contributed by atoms with E-state index in [0.29, 0.717) is 11.0 Å². The maximum absolute atomic E-state index is 5.83. The van der Waals surface area contributed by atoms with Crippen molar-refractivity contribution in [1.82, 2.24) is 4.90 Å². The summed E-state index contributed by atoms with van der Waals surface area (Å²) in [6.07, 6.45) is 2.56. The van der Waals surface area contributed by atoms with E-state index in [1.165, 1.54) is 25.9 Å².